The van der Waals surface area contributed by atoms with Crippen molar-refractivity contribution in [1.29, 1.82) is 0 Å². The van der Waals surface area contributed by atoms with Gasteiger partial charge in [0.25, 0.3) is 0 Å². The second-order valence-electron chi connectivity index (χ2n) is 6.88. The van der Waals surface area contributed by atoms with Gasteiger partial charge in [0.2, 0.25) is 0 Å². The van der Waals surface area contributed by atoms with Gasteiger partial charge in [-0.25, -0.2) is 0 Å². The fourth-order valence-electron chi connectivity index (χ4n) is 5.21. The third-order valence-electron chi connectivity index (χ3n) is 5.93. The lowest BCUT2D eigenvalue weighted by Crippen LogP contribution is -2.36. The molecule has 1 saturated carbocycles. The van der Waals surface area contributed by atoms with E-state index in [0.717, 1.165) is 18.4 Å². The van der Waals surface area contributed by atoms with Crippen LogP contribution in [-0.2, 0) is 13.5 Å². The largest absolute Gasteiger partial charge is 0.508 e. The molecule has 2 aromatic rings. The molecule has 0 radical (unpaired) electrons. The minimum absolute atomic E-state index is 0.391. The summed E-state index contributed by atoms with van der Waals surface area (Å²) in [6.45, 7) is 2.51. The SMILES string of the molecule is Cn1c2c(c3cc(O)ccc31)CCN1C[C@H]3C[C@@H]2[C@@H]1C3. The fraction of sp³-hybridized carbons (Fsp3) is 0.529. The molecule has 1 aromatic heterocycles. The molecule has 1 saturated heterocycles. The number of hydrogen-bond acceptors (Lipinski definition) is 2. The van der Waals surface area contributed by atoms with Crippen LogP contribution < -0.4 is 0 Å². The Morgan fingerprint density at radius 3 is 3.00 bits per heavy atom. The fourth-order valence-corrected chi connectivity index (χ4v) is 5.21. The third-order valence-corrected chi connectivity index (χ3v) is 5.93. The molecule has 20 heavy (non-hydrogen) atoms. The first-order valence-electron chi connectivity index (χ1n) is 7.76. The minimum Gasteiger partial charge on any atom is -0.508 e. The number of phenolic OH excluding ortho intramolecular Hbond substituents is 1. The maximum Gasteiger partial charge on any atom is 0.116 e. The van der Waals surface area contributed by atoms with E-state index in [0.29, 0.717) is 11.7 Å². The lowest BCUT2D eigenvalue weighted by Gasteiger charge is -2.31. The molecule has 0 unspecified atom stereocenters. The van der Waals surface area contributed by atoms with Crippen molar-refractivity contribution in [2.75, 3.05) is 13.1 Å². The van der Waals surface area contributed by atoms with Crippen molar-refractivity contribution in [3.63, 3.8) is 0 Å². The van der Waals surface area contributed by atoms with Gasteiger partial charge in [0.1, 0.15) is 5.75 Å². The van der Waals surface area contributed by atoms with Gasteiger partial charge in [-0.3, -0.25) is 4.90 Å². The van der Waals surface area contributed by atoms with Crippen molar-refractivity contribution in [3.05, 3.63) is 29.5 Å². The molecule has 3 heterocycles. The van der Waals surface area contributed by atoms with Gasteiger partial charge in [-0.2, -0.15) is 0 Å². The van der Waals surface area contributed by atoms with Gasteiger partial charge in [0.05, 0.1) is 0 Å². The molecular weight excluding hydrogens is 248 g/mol. The standard InChI is InChI=1S/C17H20N2O/c1-18-15-3-2-11(20)8-13(15)12-4-5-19-9-10-6-14(17(12)18)16(19)7-10/h2-3,8,10,14,16,20H,4-7,9H2,1H3/t10-,14+,16-/m0/s1. The van der Waals surface area contributed by atoms with E-state index < -0.39 is 0 Å². The smallest absolute Gasteiger partial charge is 0.116 e. The second kappa shape index (κ2) is 3.59. The summed E-state index contributed by atoms with van der Waals surface area (Å²) in [6.07, 6.45) is 3.90. The van der Waals surface area contributed by atoms with Crippen molar-refractivity contribution in [2.24, 2.45) is 13.0 Å². The Morgan fingerprint density at radius 2 is 2.15 bits per heavy atom. The first kappa shape index (κ1) is 11.2. The van der Waals surface area contributed by atoms with Crippen LogP contribution in [0.1, 0.15) is 30.0 Å². The molecule has 1 N–H and O–H groups in total. The first-order valence-corrected chi connectivity index (χ1v) is 7.76. The van der Waals surface area contributed by atoms with E-state index in [1.165, 1.54) is 42.4 Å². The second-order valence-corrected chi connectivity index (χ2v) is 6.88. The topological polar surface area (TPSA) is 28.4 Å². The molecule has 0 amide bonds. The highest BCUT2D eigenvalue weighted by Crippen LogP contribution is 2.51. The van der Waals surface area contributed by atoms with E-state index in [-0.39, 0.29) is 0 Å². The lowest BCUT2D eigenvalue weighted by molar-refractivity contribution is 0.200. The number of aromatic nitrogens is 1. The van der Waals surface area contributed by atoms with Crippen LogP contribution in [0.4, 0.5) is 0 Å². The molecule has 3 aliphatic rings. The Hall–Kier alpha value is -1.48. The summed E-state index contributed by atoms with van der Waals surface area (Å²) >= 11 is 0. The maximum absolute atomic E-state index is 9.84. The average molecular weight is 268 g/mol. The van der Waals surface area contributed by atoms with E-state index in [9.17, 15) is 5.11 Å². The molecule has 1 aromatic carbocycles. The molecule has 2 aliphatic heterocycles. The quantitative estimate of drug-likeness (QED) is 0.795. The summed E-state index contributed by atoms with van der Waals surface area (Å²) in [5.41, 5.74) is 4.34. The van der Waals surface area contributed by atoms with Crippen molar-refractivity contribution < 1.29 is 5.11 Å². The summed E-state index contributed by atoms with van der Waals surface area (Å²) < 4.78 is 2.40. The van der Waals surface area contributed by atoms with Gasteiger partial charge >= 0.3 is 0 Å². The van der Waals surface area contributed by atoms with Gasteiger partial charge in [-0.15, -0.1) is 0 Å². The van der Waals surface area contributed by atoms with Crippen LogP contribution in [0.3, 0.4) is 0 Å². The van der Waals surface area contributed by atoms with Gasteiger partial charge < -0.3 is 9.67 Å². The normalized spacial score (nSPS) is 31.8. The molecule has 0 spiro atoms. The number of aryl methyl sites for hydroxylation is 1. The van der Waals surface area contributed by atoms with Crippen LogP contribution >= 0.6 is 0 Å². The summed E-state index contributed by atoms with van der Waals surface area (Å²) in [5.74, 6) is 2.02. The average Bonchev–Trinajstić information content (AvgIpc) is 3.07. The van der Waals surface area contributed by atoms with Gasteiger partial charge in [-0.05, 0) is 48.9 Å². The zero-order chi connectivity index (χ0) is 13.4. The lowest BCUT2D eigenvalue weighted by atomic mass is 9.93. The monoisotopic (exact) mass is 268 g/mol. The van der Waals surface area contributed by atoms with Crippen molar-refractivity contribution in [3.8, 4) is 5.75 Å². The van der Waals surface area contributed by atoms with E-state index in [1.54, 1.807) is 5.69 Å². The van der Waals surface area contributed by atoms with Crippen LogP contribution in [0.2, 0.25) is 0 Å². The molecule has 104 valence electrons. The Morgan fingerprint density at radius 1 is 1.25 bits per heavy atom. The van der Waals surface area contributed by atoms with Crippen LogP contribution in [0.25, 0.3) is 10.9 Å². The zero-order valence-corrected chi connectivity index (χ0v) is 11.8. The van der Waals surface area contributed by atoms with E-state index >= 15 is 0 Å². The number of fused-ring (bicyclic) bond motifs is 5. The molecular formula is C17H20N2O. The van der Waals surface area contributed by atoms with E-state index in [4.69, 9.17) is 0 Å². The Labute approximate surface area is 118 Å². The van der Waals surface area contributed by atoms with Crippen molar-refractivity contribution >= 4 is 10.9 Å². The van der Waals surface area contributed by atoms with Crippen molar-refractivity contribution in [1.82, 2.24) is 9.47 Å². The van der Waals surface area contributed by atoms with Gasteiger partial charge in [0.15, 0.2) is 0 Å². The van der Waals surface area contributed by atoms with Gasteiger partial charge in [-0.1, -0.05) is 0 Å². The summed E-state index contributed by atoms with van der Waals surface area (Å²) in [5, 5.41) is 11.1. The molecule has 5 rings (SSSR count). The van der Waals surface area contributed by atoms with Crippen LogP contribution in [0, 0.1) is 5.92 Å². The Kier molecular flexibility index (Phi) is 2.01. The number of phenols is 1. The maximum atomic E-state index is 9.84. The predicted octanol–water partition coefficient (Wildman–Crippen LogP) is 2.62. The van der Waals surface area contributed by atoms with E-state index in [1.807, 2.05) is 12.1 Å². The number of nitrogens with zero attached hydrogens (tertiary/aromatic N) is 2. The zero-order valence-electron chi connectivity index (χ0n) is 11.8. The highest BCUT2D eigenvalue weighted by molar-refractivity contribution is 5.87. The number of benzene rings is 1. The summed E-state index contributed by atoms with van der Waals surface area (Å²) in [6, 6.07) is 6.63. The Balaban J connectivity index is 1.80. The van der Waals surface area contributed by atoms with Gasteiger partial charge in [0, 0.05) is 48.7 Å². The summed E-state index contributed by atoms with van der Waals surface area (Å²) in [4.78, 5) is 2.72. The number of rotatable bonds is 0. The molecule has 3 atom stereocenters. The van der Waals surface area contributed by atoms with Crippen LogP contribution in [0.5, 0.6) is 5.75 Å². The first-order chi connectivity index (χ1) is 9.72. The highest BCUT2D eigenvalue weighted by atomic mass is 16.3. The molecule has 2 bridgehead atoms. The number of aromatic hydroxyl groups is 1. The van der Waals surface area contributed by atoms with E-state index in [2.05, 4.69) is 22.6 Å². The highest BCUT2D eigenvalue weighted by Gasteiger charge is 2.48. The van der Waals surface area contributed by atoms with Crippen molar-refractivity contribution in [2.45, 2.75) is 31.2 Å². The Bertz CT molecular complexity index is 717. The summed E-state index contributed by atoms with van der Waals surface area (Å²) in [7, 11) is 2.21. The molecule has 3 nitrogen and oxygen atoms in total. The minimum atomic E-state index is 0.391. The predicted molar refractivity (Wildman–Crippen MR) is 79.1 cm³/mol. The molecule has 3 heteroatoms. The van der Waals surface area contributed by atoms with Crippen LogP contribution in [-0.4, -0.2) is 33.7 Å². The molecule has 2 fully saturated rings. The number of piperidine rings is 1. The molecule has 1 aliphatic carbocycles. The number of hydrogen-bond donors (Lipinski definition) is 1. The third kappa shape index (κ3) is 1.25. The van der Waals surface area contributed by atoms with Crippen LogP contribution in [0.15, 0.2) is 18.2 Å².